The van der Waals surface area contributed by atoms with E-state index in [0.717, 1.165) is 35.2 Å². The number of nitrogens with zero attached hydrogens (tertiary/aromatic N) is 2. The molecule has 192 valence electrons. The topological polar surface area (TPSA) is 52.7 Å². The summed E-state index contributed by atoms with van der Waals surface area (Å²) < 4.78 is 0. The zero-order valence-corrected chi connectivity index (χ0v) is 21.7. The summed E-state index contributed by atoms with van der Waals surface area (Å²) in [7, 11) is 0. The van der Waals surface area contributed by atoms with E-state index < -0.39 is 0 Å². The van der Waals surface area contributed by atoms with Gasteiger partial charge in [0.25, 0.3) is 11.8 Å². The summed E-state index contributed by atoms with van der Waals surface area (Å²) >= 11 is 0. The minimum absolute atomic E-state index is 0.0123. The fraction of sp³-hybridized carbons (Fsp3) is 0.212. The molecule has 0 bridgehead atoms. The Balaban J connectivity index is 1.38. The molecule has 2 amide bonds. The number of amides is 2. The molecule has 5 rings (SSSR count). The summed E-state index contributed by atoms with van der Waals surface area (Å²) in [6, 6.07) is 35.7. The molecule has 1 atom stereocenters. The van der Waals surface area contributed by atoms with Crippen LogP contribution in [0.1, 0.15) is 56.9 Å². The molecule has 1 aliphatic rings. The molecule has 0 aliphatic carbocycles. The van der Waals surface area contributed by atoms with Gasteiger partial charge in [0, 0.05) is 42.0 Å². The number of hydrogen-bond acceptors (Lipinski definition) is 3. The molecule has 1 aliphatic heterocycles. The van der Waals surface area contributed by atoms with E-state index in [1.54, 1.807) is 0 Å². The van der Waals surface area contributed by atoms with Crippen LogP contribution < -0.4 is 5.32 Å². The zero-order chi connectivity index (χ0) is 26.3. The second-order valence-corrected chi connectivity index (χ2v) is 9.66. The minimum Gasteiger partial charge on any atom is -0.361 e. The van der Waals surface area contributed by atoms with Gasteiger partial charge in [0.05, 0.1) is 0 Å². The molecule has 5 nitrogen and oxygen atoms in total. The third kappa shape index (κ3) is 5.62. The van der Waals surface area contributed by atoms with E-state index in [2.05, 4.69) is 36.5 Å². The van der Waals surface area contributed by atoms with E-state index in [1.807, 2.05) is 94.7 Å². The molecular formula is C33H33N3O2. The molecule has 0 fully saturated rings. The average molecular weight is 504 g/mol. The van der Waals surface area contributed by atoms with Gasteiger partial charge in [0.2, 0.25) is 0 Å². The Morgan fingerprint density at radius 3 is 2.26 bits per heavy atom. The van der Waals surface area contributed by atoms with Crippen LogP contribution >= 0.6 is 0 Å². The Morgan fingerprint density at radius 2 is 1.53 bits per heavy atom. The highest BCUT2D eigenvalue weighted by Gasteiger charge is 2.35. The smallest absolute Gasteiger partial charge is 0.256 e. The molecule has 0 aromatic heterocycles. The summed E-state index contributed by atoms with van der Waals surface area (Å²) in [6.07, 6.45) is 1.39. The monoisotopic (exact) mass is 503 g/mol. The average Bonchev–Trinajstić information content (AvgIpc) is 3.22. The van der Waals surface area contributed by atoms with Gasteiger partial charge in [-0.3, -0.25) is 9.59 Å². The van der Waals surface area contributed by atoms with E-state index in [4.69, 9.17) is 0 Å². The summed E-state index contributed by atoms with van der Waals surface area (Å²) in [5.74, 6) is 0.0314. The van der Waals surface area contributed by atoms with Crippen molar-refractivity contribution in [1.29, 1.82) is 0 Å². The number of carbonyl (C=O) groups excluding carboxylic acids is 2. The number of hydrogen-bond donors (Lipinski definition) is 1. The van der Waals surface area contributed by atoms with Crippen LogP contribution in [0.4, 0.5) is 5.69 Å². The molecular weight excluding hydrogens is 470 g/mol. The lowest BCUT2D eigenvalue weighted by Gasteiger charge is -2.27. The lowest BCUT2D eigenvalue weighted by Crippen LogP contribution is -2.33. The van der Waals surface area contributed by atoms with E-state index in [1.165, 1.54) is 5.56 Å². The number of carbonyl (C=O) groups is 2. The van der Waals surface area contributed by atoms with Gasteiger partial charge in [-0.2, -0.15) is 0 Å². The summed E-state index contributed by atoms with van der Waals surface area (Å²) in [5.41, 5.74) is 5.44. The van der Waals surface area contributed by atoms with Crippen molar-refractivity contribution in [3.05, 3.63) is 137 Å². The van der Waals surface area contributed by atoms with Crippen molar-refractivity contribution in [2.45, 2.75) is 32.5 Å². The Hall–Kier alpha value is -4.38. The third-order valence-corrected chi connectivity index (χ3v) is 6.95. The number of rotatable bonds is 10. The maximum atomic E-state index is 13.8. The summed E-state index contributed by atoms with van der Waals surface area (Å²) in [4.78, 5) is 30.6. The molecule has 1 heterocycles. The molecule has 0 saturated heterocycles. The van der Waals surface area contributed by atoms with Gasteiger partial charge >= 0.3 is 0 Å². The van der Waals surface area contributed by atoms with Crippen molar-refractivity contribution in [2.24, 2.45) is 0 Å². The van der Waals surface area contributed by atoms with Crippen LogP contribution in [-0.4, -0.2) is 34.7 Å². The number of anilines is 1. The first-order valence-electron chi connectivity index (χ1n) is 13.3. The van der Waals surface area contributed by atoms with Crippen molar-refractivity contribution in [3.63, 3.8) is 0 Å². The van der Waals surface area contributed by atoms with E-state index >= 15 is 0 Å². The van der Waals surface area contributed by atoms with Crippen molar-refractivity contribution in [3.8, 4) is 0 Å². The first-order valence-corrected chi connectivity index (χ1v) is 13.3. The summed E-state index contributed by atoms with van der Waals surface area (Å²) in [6.45, 7) is 3.89. The Bertz CT molecular complexity index is 1390. The highest BCUT2D eigenvalue weighted by Crippen LogP contribution is 2.34. The highest BCUT2D eigenvalue weighted by molar-refractivity contribution is 5.99. The molecule has 1 unspecified atom stereocenters. The second-order valence-electron chi connectivity index (χ2n) is 9.66. The highest BCUT2D eigenvalue weighted by atomic mass is 16.2. The molecule has 0 radical (unpaired) electrons. The van der Waals surface area contributed by atoms with E-state index in [-0.39, 0.29) is 18.0 Å². The van der Waals surface area contributed by atoms with Crippen molar-refractivity contribution in [1.82, 2.24) is 9.80 Å². The lowest BCUT2D eigenvalue weighted by atomic mass is 10.1. The largest absolute Gasteiger partial charge is 0.361 e. The Kier molecular flexibility index (Phi) is 7.84. The van der Waals surface area contributed by atoms with Crippen molar-refractivity contribution < 1.29 is 9.59 Å². The fourth-order valence-electron chi connectivity index (χ4n) is 5.04. The normalized spacial score (nSPS) is 14.3. The van der Waals surface area contributed by atoms with Crippen molar-refractivity contribution in [2.75, 3.05) is 18.4 Å². The van der Waals surface area contributed by atoms with Crippen LogP contribution in [-0.2, 0) is 13.0 Å². The minimum atomic E-state index is -0.262. The second kappa shape index (κ2) is 11.8. The van der Waals surface area contributed by atoms with E-state index in [0.29, 0.717) is 25.2 Å². The lowest BCUT2D eigenvalue weighted by molar-refractivity contribution is 0.0734. The van der Waals surface area contributed by atoms with Gasteiger partial charge in [0.1, 0.15) is 6.17 Å². The zero-order valence-electron chi connectivity index (χ0n) is 21.7. The van der Waals surface area contributed by atoms with E-state index in [9.17, 15) is 9.59 Å². The Labute approximate surface area is 224 Å². The van der Waals surface area contributed by atoms with Crippen LogP contribution in [0.3, 0.4) is 0 Å². The molecule has 0 spiro atoms. The fourth-order valence-corrected chi connectivity index (χ4v) is 5.04. The molecule has 4 aromatic carbocycles. The van der Waals surface area contributed by atoms with Crippen LogP contribution in [0.2, 0.25) is 0 Å². The maximum absolute atomic E-state index is 13.8. The quantitative estimate of drug-likeness (QED) is 0.267. The van der Waals surface area contributed by atoms with Gasteiger partial charge < -0.3 is 15.1 Å². The molecule has 5 heteroatoms. The van der Waals surface area contributed by atoms with Gasteiger partial charge in [0.15, 0.2) is 0 Å². The van der Waals surface area contributed by atoms with Gasteiger partial charge in [-0.1, -0.05) is 91.9 Å². The molecule has 4 aromatic rings. The first-order chi connectivity index (χ1) is 18.6. The summed E-state index contributed by atoms with van der Waals surface area (Å²) in [5, 5.41) is 3.54. The molecule has 38 heavy (non-hydrogen) atoms. The van der Waals surface area contributed by atoms with Gasteiger partial charge in [-0.25, -0.2) is 0 Å². The maximum Gasteiger partial charge on any atom is 0.256 e. The number of fused-ring (bicyclic) bond motifs is 1. The van der Waals surface area contributed by atoms with Crippen LogP contribution in [0, 0.1) is 0 Å². The third-order valence-electron chi connectivity index (χ3n) is 6.95. The van der Waals surface area contributed by atoms with Crippen LogP contribution in [0.5, 0.6) is 0 Å². The van der Waals surface area contributed by atoms with Crippen LogP contribution in [0.25, 0.3) is 0 Å². The van der Waals surface area contributed by atoms with Gasteiger partial charge in [-0.15, -0.1) is 0 Å². The SMILES string of the molecule is CCCN1C(=O)c2ccccc2C1Nc1cccc(C(=O)N(CCc2ccccc2)Cc2ccccc2)c1. The first kappa shape index (κ1) is 25.3. The molecule has 1 N–H and O–H groups in total. The van der Waals surface area contributed by atoms with Gasteiger partial charge in [-0.05, 0) is 48.2 Å². The van der Waals surface area contributed by atoms with Crippen LogP contribution in [0.15, 0.2) is 109 Å². The number of benzene rings is 4. The number of nitrogens with one attached hydrogen (secondary N) is 1. The Morgan fingerprint density at radius 1 is 0.842 bits per heavy atom. The molecule has 0 saturated carbocycles. The predicted molar refractivity (Wildman–Crippen MR) is 152 cm³/mol. The van der Waals surface area contributed by atoms with Crippen molar-refractivity contribution >= 4 is 17.5 Å². The predicted octanol–water partition coefficient (Wildman–Crippen LogP) is 6.55. The standard InChI is InChI=1S/C33H33N3O2/c1-2-21-36-31(29-18-9-10-19-30(29)33(36)38)34-28-17-11-16-27(23-28)32(37)35(24-26-14-7-4-8-15-26)22-20-25-12-5-3-6-13-25/h3-19,23,31,34H,2,20-22,24H2,1H3.